The van der Waals surface area contributed by atoms with E-state index in [1.165, 1.54) is 21.9 Å². The Morgan fingerprint density at radius 3 is 2.31 bits per heavy atom. The third-order valence-corrected chi connectivity index (χ3v) is 6.99. The van der Waals surface area contributed by atoms with E-state index in [4.69, 9.17) is 14.4 Å². The molecule has 0 aliphatic carbocycles. The van der Waals surface area contributed by atoms with Crippen LogP contribution in [0, 0.1) is 13.8 Å². The number of hydrogen-bond donors (Lipinski definition) is 0. The van der Waals surface area contributed by atoms with Gasteiger partial charge in [0.2, 0.25) is 5.71 Å². The molecule has 3 aromatic heterocycles. The molecule has 0 N–H and O–H groups in total. The number of pyridine rings is 1. The SMILES string of the molecule is Cc1ccc2c(n1)oc1c(-c3nc(C)nc4c3ccc3cc(C(C)C)cc(C(C)C)c34)cccc12. The topological polar surface area (TPSA) is 51.8 Å². The fraction of sp³-hybridized carbons (Fsp3) is 0.258. The smallest absolute Gasteiger partial charge is 0.227 e. The van der Waals surface area contributed by atoms with Crippen molar-refractivity contribution in [2.24, 2.45) is 0 Å². The second-order valence-corrected chi connectivity index (χ2v) is 10.2. The number of aryl methyl sites for hydroxylation is 2. The summed E-state index contributed by atoms with van der Waals surface area (Å²) in [6, 6.07) is 19.5. The lowest BCUT2D eigenvalue weighted by Gasteiger charge is -2.17. The minimum Gasteiger partial charge on any atom is -0.437 e. The summed E-state index contributed by atoms with van der Waals surface area (Å²) >= 11 is 0. The van der Waals surface area contributed by atoms with E-state index in [1.54, 1.807) is 0 Å². The van der Waals surface area contributed by atoms with Gasteiger partial charge in [0.25, 0.3) is 0 Å². The van der Waals surface area contributed by atoms with Crippen molar-refractivity contribution in [3.8, 4) is 11.3 Å². The normalized spacial score (nSPS) is 12.2. The summed E-state index contributed by atoms with van der Waals surface area (Å²) in [5.41, 5.74) is 8.00. The molecule has 0 atom stereocenters. The number of aromatic nitrogens is 3. The Kier molecular flexibility index (Phi) is 4.89. The fourth-order valence-electron chi connectivity index (χ4n) is 5.17. The maximum Gasteiger partial charge on any atom is 0.227 e. The quantitative estimate of drug-likeness (QED) is 0.249. The third-order valence-electron chi connectivity index (χ3n) is 6.99. The molecule has 0 unspecified atom stereocenters. The molecule has 3 heterocycles. The highest BCUT2D eigenvalue weighted by Crippen LogP contribution is 2.40. The molecule has 6 rings (SSSR count). The van der Waals surface area contributed by atoms with Crippen molar-refractivity contribution in [1.29, 1.82) is 0 Å². The molecule has 35 heavy (non-hydrogen) atoms. The predicted molar refractivity (Wildman–Crippen MR) is 145 cm³/mol. The van der Waals surface area contributed by atoms with Crippen LogP contribution in [0.3, 0.4) is 0 Å². The van der Waals surface area contributed by atoms with Crippen LogP contribution >= 0.6 is 0 Å². The largest absolute Gasteiger partial charge is 0.437 e. The Hall–Kier alpha value is -3.79. The highest BCUT2D eigenvalue weighted by atomic mass is 16.3. The molecule has 4 heteroatoms. The van der Waals surface area contributed by atoms with Gasteiger partial charge < -0.3 is 4.42 Å². The summed E-state index contributed by atoms with van der Waals surface area (Å²) in [6.07, 6.45) is 0. The van der Waals surface area contributed by atoms with Crippen molar-refractivity contribution in [3.05, 3.63) is 77.2 Å². The van der Waals surface area contributed by atoms with Gasteiger partial charge in [-0.3, -0.25) is 0 Å². The Balaban J connectivity index is 1.72. The number of furan rings is 1. The Bertz CT molecular complexity index is 1780. The average Bonchev–Trinajstić information content (AvgIpc) is 3.20. The summed E-state index contributed by atoms with van der Waals surface area (Å²) in [6.45, 7) is 13.0. The maximum absolute atomic E-state index is 6.33. The Labute approximate surface area is 205 Å². The van der Waals surface area contributed by atoms with Crippen LogP contribution in [0.1, 0.15) is 62.2 Å². The lowest BCUT2D eigenvalue weighted by atomic mass is 9.88. The van der Waals surface area contributed by atoms with Gasteiger partial charge in [-0.15, -0.1) is 0 Å². The van der Waals surface area contributed by atoms with Crippen LogP contribution in [0.4, 0.5) is 0 Å². The molecule has 0 radical (unpaired) electrons. The van der Waals surface area contributed by atoms with Gasteiger partial charge in [-0.05, 0) is 66.5 Å². The monoisotopic (exact) mass is 459 g/mol. The molecule has 6 aromatic rings. The van der Waals surface area contributed by atoms with Crippen LogP contribution in [0.2, 0.25) is 0 Å². The van der Waals surface area contributed by atoms with Crippen molar-refractivity contribution in [2.75, 3.05) is 0 Å². The molecule has 0 fully saturated rings. The zero-order valence-corrected chi connectivity index (χ0v) is 21.1. The van der Waals surface area contributed by atoms with E-state index >= 15 is 0 Å². The first kappa shape index (κ1) is 21.7. The van der Waals surface area contributed by atoms with E-state index < -0.39 is 0 Å². The van der Waals surface area contributed by atoms with E-state index in [0.717, 1.165) is 50.0 Å². The third kappa shape index (κ3) is 3.39. The molecule has 0 spiro atoms. The standard InChI is InChI=1S/C31H29N3O/c1-16(2)21-14-20-11-13-24-28(33-19(6)34-29(24)27(20)26(15-21)17(3)4)25-9-7-8-22-23-12-10-18(5)32-31(23)35-30(22)25/h7-17H,1-6H3. The molecule has 0 saturated carbocycles. The van der Waals surface area contributed by atoms with Gasteiger partial charge in [0.15, 0.2) is 0 Å². The lowest BCUT2D eigenvalue weighted by Crippen LogP contribution is -2.00. The van der Waals surface area contributed by atoms with Crippen LogP contribution in [-0.4, -0.2) is 15.0 Å². The van der Waals surface area contributed by atoms with Crippen LogP contribution in [-0.2, 0) is 0 Å². The van der Waals surface area contributed by atoms with Crippen LogP contribution < -0.4 is 0 Å². The highest BCUT2D eigenvalue weighted by molar-refractivity contribution is 6.14. The molecular formula is C31H29N3O. The van der Waals surface area contributed by atoms with Gasteiger partial charge in [-0.1, -0.05) is 58.0 Å². The van der Waals surface area contributed by atoms with Gasteiger partial charge in [-0.25, -0.2) is 15.0 Å². The first-order valence-corrected chi connectivity index (χ1v) is 12.4. The lowest BCUT2D eigenvalue weighted by molar-refractivity contribution is 0.653. The molecule has 3 aromatic carbocycles. The van der Waals surface area contributed by atoms with E-state index in [2.05, 4.69) is 81.2 Å². The van der Waals surface area contributed by atoms with E-state index in [9.17, 15) is 0 Å². The Morgan fingerprint density at radius 2 is 1.54 bits per heavy atom. The van der Waals surface area contributed by atoms with Gasteiger partial charge in [-0.2, -0.15) is 0 Å². The first-order chi connectivity index (χ1) is 16.8. The minimum absolute atomic E-state index is 0.383. The van der Waals surface area contributed by atoms with Crippen LogP contribution in [0.15, 0.2) is 59.0 Å². The molecule has 0 bridgehead atoms. The average molecular weight is 460 g/mol. The zero-order chi connectivity index (χ0) is 24.4. The summed E-state index contributed by atoms with van der Waals surface area (Å²) in [7, 11) is 0. The molecule has 4 nitrogen and oxygen atoms in total. The van der Waals surface area contributed by atoms with Gasteiger partial charge in [0, 0.05) is 32.8 Å². The summed E-state index contributed by atoms with van der Waals surface area (Å²) < 4.78 is 6.33. The van der Waals surface area contributed by atoms with Crippen molar-refractivity contribution < 1.29 is 4.42 Å². The number of para-hydroxylation sites is 1. The van der Waals surface area contributed by atoms with Gasteiger partial charge in [0.1, 0.15) is 11.4 Å². The van der Waals surface area contributed by atoms with E-state index in [0.29, 0.717) is 17.5 Å². The number of fused-ring (bicyclic) bond motifs is 6. The number of rotatable bonds is 3. The van der Waals surface area contributed by atoms with Crippen molar-refractivity contribution in [1.82, 2.24) is 15.0 Å². The molecule has 0 aliphatic rings. The first-order valence-electron chi connectivity index (χ1n) is 12.4. The number of hydrogen-bond acceptors (Lipinski definition) is 4. The van der Waals surface area contributed by atoms with E-state index in [-0.39, 0.29) is 0 Å². The van der Waals surface area contributed by atoms with Crippen LogP contribution in [0.5, 0.6) is 0 Å². The second kappa shape index (κ2) is 7.88. The molecular weight excluding hydrogens is 430 g/mol. The number of nitrogens with zero attached hydrogens (tertiary/aromatic N) is 3. The van der Waals surface area contributed by atoms with Crippen LogP contribution in [0.25, 0.3) is 55.0 Å². The minimum atomic E-state index is 0.383. The Morgan fingerprint density at radius 1 is 0.743 bits per heavy atom. The predicted octanol–water partition coefficient (Wildman–Crippen LogP) is 8.61. The molecule has 0 amide bonds. The number of benzene rings is 3. The van der Waals surface area contributed by atoms with E-state index in [1.807, 2.05) is 19.9 Å². The maximum atomic E-state index is 6.33. The summed E-state index contributed by atoms with van der Waals surface area (Å²) in [4.78, 5) is 14.6. The van der Waals surface area contributed by atoms with Crippen molar-refractivity contribution >= 4 is 43.7 Å². The molecule has 174 valence electrons. The van der Waals surface area contributed by atoms with Gasteiger partial charge in [0.05, 0.1) is 11.2 Å². The zero-order valence-electron chi connectivity index (χ0n) is 21.1. The molecule has 0 saturated heterocycles. The summed E-state index contributed by atoms with van der Waals surface area (Å²) in [5, 5.41) is 5.58. The summed E-state index contributed by atoms with van der Waals surface area (Å²) in [5.74, 6) is 1.61. The van der Waals surface area contributed by atoms with Crippen molar-refractivity contribution in [3.63, 3.8) is 0 Å². The van der Waals surface area contributed by atoms with Gasteiger partial charge >= 0.3 is 0 Å². The second-order valence-electron chi connectivity index (χ2n) is 10.2. The fourth-order valence-corrected chi connectivity index (χ4v) is 5.17. The van der Waals surface area contributed by atoms with Crippen molar-refractivity contribution in [2.45, 2.75) is 53.4 Å². The molecule has 0 aliphatic heterocycles. The highest BCUT2D eigenvalue weighted by Gasteiger charge is 2.20.